The molecule has 2 radical (unpaired) electrons. The Balaban J connectivity index is 2.68. The van der Waals surface area contributed by atoms with Gasteiger partial charge in [0.05, 0.1) is 0 Å². The molecule has 0 aliphatic carbocycles. The molecule has 40 valence electrons. The lowest BCUT2D eigenvalue weighted by Crippen LogP contribution is -2.17. The lowest BCUT2D eigenvalue weighted by atomic mass is 10.5. The van der Waals surface area contributed by atoms with Gasteiger partial charge < -0.3 is 9.55 Å². The van der Waals surface area contributed by atoms with Crippen molar-refractivity contribution in [2.75, 3.05) is 27.2 Å². The molecule has 0 atom stereocenters. The first kappa shape index (κ1) is 6.98. The lowest BCUT2D eigenvalue weighted by molar-refractivity contribution is 0.279. The number of nitrogens with zero attached hydrogens (tertiary/aromatic N) is 1. The summed E-state index contributed by atoms with van der Waals surface area (Å²) in [7, 11) is 8.69. The second kappa shape index (κ2) is 4.15. The zero-order valence-electron chi connectivity index (χ0n) is 4.85. The molecule has 2 nitrogen and oxygen atoms in total. The number of hydrogen-bond acceptors (Lipinski definition) is 2. The van der Waals surface area contributed by atoms with E-state index in [9.17, 15) is 0 Å². The fraction of sp³-hybridized carbons (Fsp3) is 1.00. The number of hydrogen-bond donors (Lipinski definition) is 0. The Morgan fingerprint density at radius 3 is 2.29 bits per heavy atom. The summed E-state index contributed by atoms with van der Waals surface area (Å²) in [6.07, 6.45) is 0. The van der Waals surface area contributed by atoms with Gasteiger partial charge in [0.25, 0.3) is 8.05 Å². The zero-order chi connectivity index (χ0) is 5.70. The minimum Gasteiger partial charge on any atom is -0.446 e. The summed E-state index contributed by atoms with van der Waals surface area (Å²) in [5.74, 6) is 0. The predicted octanol–water partition coefficient (Wildman–Crippen LogP) is -0.352. The van der Waals surface area contributed by atoms with E-state index in [2.05, 4.69) is 4.65 Å². The Bertz CT molecular complexity index is 40.7. The van der Waals surface area contributed by atoms with Crippen LogP contribution in [0.2, 0.25) is 0 Å². The van der Waals surface area contributed by atoms with Gasteiger partial charge in [-0.2, -0.15) is 0 Å². The third-order valence-electron chi connectivity index (χ3n) is 0.656. The van der Waals surface area contributed by atoms with Crippen LogP contribution in [0.25, 0.3) is 0 Å². The molecule has 0 aromatic carbocycles. The van der Waals surface area contributed by atoms with Crippen LogP contribution in [0.3, 0.4) is 0 Å². The summed E-state index contributed by atoms with van der Waals surface area (Å²) in [6, 6.07) is 0. The molecule has 0 amide bonds. The third kappa shape index (κ3) is 5.98. The van der Waals surface area contributed by atoms with E-state index in [1.807, 2.05) is 19.0 Å². The van der Waals surface area contributed by atoms with Crippen molar-refractivity contribution in [3.63, 3.8) is 0 Å². The van der Waals surface area contributed by atoms with Gasteiger partial charge in [-0.3, -0.25) is 0 Å². The van der Waals surface area contributed by atoms with Crippen LogP contribution in [-0.4, -0.2) is 40.2 Å². The Hall–Kier alpha value is -0.0151. The van der Waals surface area contributed by atoms with Gasteiger partial charge in [-0.1, -0.05) is 0 Å². The fourth-order valence-corrected chi connectivity index (χ4v) is 0.235. The molecule has 0 saturated heterocycles. The molecule has 0 fully saturated rings. The Labute approximate surface area is 45.9 Å². The highest BCUT2D eigenvalue weighted by Gasteiger charge is 1.83. The van der Waals surface area contributed by atoms with Gasteiger partial charge in [0, 0.05) is 13.2 Å². The molecule has 0 unspecified atom stereocenters. The van der Waals surface area contributed by atoms with Gasteiger partial charge >= 0.3 is 0 Å². The van der Waals surface area contributed by atoms with Crippen molar-refractivity contribution < 1.29 is 4.65 Å². The standard InChI is InChI=1S/C4H10BNO/c1-6(2)3-4-7-5/h3-4H2,1-2H3. The summed E-state index contributed by atoms with van der Waals surface area (Å²) in [5, 5.41) is 0. The zero-order valence-corrected chi connectivity index (χ0v) is 4.85. The fourth-order valence-electron chi connectivity index (χ4n) is 0.235. The van der Waals surface area contributed by atoms with Crippen molar-refractivity contribution in [2.45, 2.75) is 0 Å². The van der Waals surface area contributed by atoms with Crippen molar-refractivity contribution in [2.24, 2.45) is 0 Å². The second-order valence-electron chi connectivity index (χ2n) is 1.67. The van der Waals surface area contributed by atoms with E-state index in [1.165, 1.54) is 0 Å². The first-order valence-corrected chi connectivity index (χ1v) is 2.24. The topological polar surface area (TPSA) is 12.5 Å². The number of rotatable bonds is 3. The summed E-state index contributed by atoms with van der Waals surface area (Å²) in [5.41, 5.74) is 0. The largest absolute Gasteiger partial charge is 0.446 e. The van der Waals surface area contributed by atoms with Crippen LogP contribution in [0.15, 0.2) is 0 Å². The SMILES string of the molecule is [B]OCCN(C)C. The summed E-state index contributed by atoms with van der Waals surface area (Å²) in [6.45, 7) is 1.49. The molecule has 0 bridgehead atoms. The predicted molar refractivity (Wildman–Crippen MR) is 30.3 cm³/mol. The average molecular weight is 98.9 g/mol. The van der Waals surface area contributed by atoms with E-state index < -0.39 is 0 Å². The molecule has 0 heterocycles. The quantitative estimate of drug-likeness (QED) is 0.448. The summed E-state index contributed by atoms with van der Waals surface area (Å²) in [4.78, 5) is 2.01. The molecule has 0 aliphatic heterocycles. The van der Waals surface area contributed by atoms with E-state index in [0.717, 1.165) is 6.54 Å². The van der Waals surface area contributed by atoms with Gasteiger partial charge in [-0.25, -0.2) is 0 Å². The van der Waals surface area contributed by atoms with E-state index >= 15 is 0 Å². The highest BCUT2D eigenvalue weighted by molar-refractivity contribution is 5.97. The Morgan fingerprint density at radius 2 is 2.14 bits per heavy atom. The molecule has 3 heteroatoms. The first-order chi connectivity index (χ1) is 3.27. The molecule has 0 aromatic heterocycles. The van der Waals surface area contributed by atoms with E-state index in [1.54, 1.807) is 0 Å². The maximum Gasteiger partial charge on any atom is 0.282 e. The van der Waals surface area contributed by atoms with E-state index in [-0.39, 0.29) is 0 Å². The minimum atomic E-state index is 0.604. The third-order valence-corrected chi connectivity index (χ3v) is 0.656. The van der Waals surface area contributed by atoms with E-state index in [0.29, 0.717) is 6.61 Å². The van der Waals surface area contributed by atoms with Gasteiger partial charge in [0.1, 0.15) is 0 Å². The molecule has 7 heavy (non-hydrogen) atoms. The van der Waals surface area contributed by atoms with Crippen LogP contribution >= 0.6 is 0 Å². The Kier molecular flexibility index (Phi) is 4.14. The van der Waals surface area contributed by atoms with Crippen molar-refractivity contribution in [1.29, 1.82) is 0 Å². The van der Waals surface area contributed by atoms with Crippen molar-refractivity contribution in [3.8, 4) is 0 Å². The van der Waals surface area contributed by atoms with Gasteiger partial charge in [0.15, 0.2) is 0 Å². The maximum atomic E-state index is 4.75. The molecular weight excluding hydrogens is 88.9 g/mol. The van der Waals surface area contributed by atoms with E-state index in [4.69, 9.17) is 8.05 Å². The maximum absolute atomic E-state index is 4.75. The number of likely N-dealkylation sites (N-methyl/N-ethyl adjacent to an activating group) is 1. The van der Waals surface area contributed by atoms with Crippen LogP contribution < -0.4 is 0 Å². The first-order valence-electron chi connectivity index (χ1n) is 2.24. The highest BCUT2D eigenvalue weighted by Crippen LogP contribution is 1.71. The van der Waals surface area contributed by atoms with Crippen molar-refractivity contribution in [3.05, 3.63) is 0 Å². The van der Waals surface area contributed by atoms with Gasteiger partial charge in [0.2, 0.25) is 0 Å². The van der Waals surface area contributed by atoms with Crippen LogP contribution in [0.4, 0.5) is 0 Å². The second-order valence-corrected chi connectivity index (χ2v) is 1.67. The molecule has 0 rings (SSSR count). The van der Waals surface area contributed by atoms with Crippen molar-refractivity contribution in [1.82, 2.24) is 4.90 Å². The lowest BCUT2D eigenvalue weighted by Gasteiger charge is -2.06. The summed E-state index contributed by atoms with van der Waals surface area (Å²) < 4.78 is 4.31. The van der Waals surface area contributed by atoms with Crippen molar-refractivity contribution >= 4 is 8.05 Å². The van der Waals surface area contributed by atoms with Gasteiger partial charge in [-0.15, -0.1) is 0 Å². The molecule has 0 aliphatic rings. The smallest absolute Gasteiger partial charge is 0.282 e. The van der Waals surface area contributed by atoms with Crippen LogP contribution in [0, 0.1) is 0 Å². The molecule has 0 spiro atoms. The summed E-state index contributed by atoms with van der Waals surface area (Å²) >= 11 is 0. The molecular formula is C4H10BNO. The van der Waals surface area contributed by atoms with Crippen LogP contribution in [0.1, 0.15) is 0 Å². The molecule has 0 saturated carbocycles. The molecule has 0 aromatic rings. The normalized spacial score (nSPS) is 10.1. The highest BCUT2D eigenvalue weighted by atomic mass is 16.4. The average Bonchev–Trinajstić information content (AvgIpc) is 1.61. The van der Waals surface area contributed by atoms with Crippen LogP contribution in [0.5, 0.6) is 0 Å². The Morgan fingerprint density at radius 1 is 1.57 bits per heavy atom. The van der Waals surface area contributed by atoms with Crippen LogP contribution in [-0.2, 0) is 4.65 Å². The minimum absolute atomic E-state index is 0.604. The molecule has 0 N–H and O–H groups in total. The van der Waals surface area contributed by atoms with Gasteiger partial charge in [-0.05, 0) is 14.1 Å². The monoisotopic (exact) mass is 99.1 g/mol.